The van der Waals surface area contributed by atoms with E-state index >= 15 is 0 Å². The molecule has 686 valence electrons. The van der Waals surface area contributed by atoms with Crippen LogP contribution in [0.5, 0.6) is 0 Å². The van der Waals surface area contributed by atoms with Gasteiger partial charge < -0.3 is 106 Å². The Morgan fingerprint density at radius 1 is 0.175 bits per heavy atom. The number of hydrogen-bond donors (Lipinski definition) is 10. The molecule has 0 aliphatic rings. The molecule has 0 saturated heterocycles. The molecule has 0 rings (SSSR count). The average molecular weight is 1650 g/mol. The second-order valence-corrected chi connectivity index (χ2v) is 44.7. The van der Waals surface area contributed by atoms with Crippen molar-refractivity contribution in [1.29, 1.82) is 0 Å². The van der Waals surface area contributed by atoms with Gasteiger partial charge in [0.05, 0.1) is 210 Å². The first-order chi connectivity index (χ1) is 51.7. The molecule has 30 heteroatoms. The van der Waals surface area contributed by atoms with Gasteiger partial charge in [0.25, 0.3) is 0 Å². The molecule has 0 aromatic rings. The summed E-state index contributed by atoms with van der Waals surface area (Å²) in [7, 11) is 61.2. The summed E-state index contributed by atoms with van der Waals surface area (Å²) in [6, 6.07) is 0. The molecule has 114 heavy (non-hydrogen) atoms. The van der Waals surface area contributed by atoms with Gasteiger partial charge in [-0.1, -0.05) is 6.92 Å². The van der Waals surface area contributed by atoms with Crippen molar-refractivity contribution in [1.82, 2.24) is 49.0 Å². The van der Waals surface area contributed by atoms with Gasteiger partial charge >= 0.3 is 0 Å². The second-order valence-electron chi connectivity index (χ2n) is 44.7. The average Bonchev–Trinajstić information content (AvgIpc) is 0.894. The topological polar surface area (TPSA) is 235 Å². The third-order valence-electron chi connectivity index (χ3n) is 21.1. The van der Waals surface area contributed by atoms with Crippen LogP contribution in [0.4, 0.5) is 0 Å². The molecule has 30 nitrogen and oxygen atoms in total. The Bertz CT molecular complexity index is 2370. The number of aliphatic hydroxyl groups is 10. The fourth-order valence-electron chi connectivity index (χ4n) is 15.7. The first-order valence-corrected chi connectivity index (χ1v) is 43.8. The van der Waals surface area contributed by atoms with Crippen LogP contribution in [0, 0.1) is 0 Å². The smallest absolute Gasteiger partial charge is 0.115 e. The molecular weight excluding hydrogens is 1450 g/mol. The zero-order chi connectivity index (χ0) is 88.2. The number of aliphatic hydroxyl groups excluding tert-OH is 10. The highest BCUT2D eigenvalue weighted by Gasteiger charge is 2.32. The summed E-state index contributed by atoms with van der Waals surface area (Å²) in [5, 5.41) is 117. The van der Waals surface area contributed by atoms with Gasteiger partial charge in [-0.2, -0.15) is 0 Å². The van der Waals surface area contributed by atoms with Crippen LogP contribution in [0.2, 0.25) is 0 Å². The third-order valence-corrected chi connectivity index (χ3v) is 21.1. The van der Waals surface area contributed by atoms with Crippen LogP contribution >= 0.6 is 0 Å². The highest BCUT2D eigenvalue weighted by molar-refractivity contribution is 4.80. The van der Waals surface area contributed by atoms with Crippen LogP contribution < -0.4 is 0 Å². The van der Waals surface area contributed by atoms with E-state index in [9.17, 15) is 51.1 Å². The summed E-state index contributed by atoms with van der Waals surface area (Å²) >= 11 is 0. The molecule has 0 aliphatic carbocycles. The Morgan fingerprint density at radius 2 is 0.307 bits per heavy atom. The number of quaternary nitrogens is 10. The van der Waals surface area contributed by atoms with Crippen LogP contribution in [0.25, 0.3) is 0 Å². The summed E-state index contributed by atoms with van der Waals surface area (Å²) in [4.78, 5) is 23.8. The quantitative estimate of drug-likeness (QED) is 0.0259. The predicted octanol–water partition coefficient (Wildman–Crippen LogP) is -4.50. The Morgan fingerprint density at radius 3 is 0.465 bits per heavy atom. The maximum Gasteiger partial charge on any atom is 0.115 e. The molecule has 0 radical (unpaired) electrons. The number of rotatable bonds is 71. The number of nitrogens with zero attached hydrogens (tertiary/aromatic N) is 20. The summed E-state index contributed by atoms with van der Waals surface area (Å²) in [6.45, 7) is 31.9. The highest BCUT2D eigenvalue weighted by Crippen LogP contribution is 2.14. The van der Waals surface area contributed by atoms with Crippen molar-refractivity contribution in [2.75, 3.05) is 473 Å². The van der Waals surface area contributed by atoms with Gasteiger partial charge in [0, 0.05) is 183 Å². The standard InChI is InChI=1S/C84H200N20O10/c1-33-36-86(44-51-92(59-79(109)69-99(17,18)19)63-83(113)73-103(29,30)34-2)41-47-89(55-75(105)65-95(5,6)7)48-42-87(43-49-90(56-76(106)66-96(8,9)10)50-54-94(61-81(111)71-101(23,24)25)62-82(112)72-102(26,27)28)39-37-85(4)38-40-88(45-52-91(57-77(107)67-97(11,12)13)58-78(108)68-98(14,15)16)46-53-93(60-80(110)70-100(20,21)22)64-84(114)74-104(31,32)35-3/h75-84,105-114H,33-74H2,1-32H3/q+10. The Labute approximate surface area is 702 Å². The van der Waals surface area contributed by atoms with E-state index in [2.05, 4.69) is 274 Å². The van der Waals surface area contributed by atoms with Crippen LogP contribution in [0.3, 0.4) is 0 Å². The van der Waals surface area contributed by atoms with Crippen LogP contribution in [-0.2, 0) is 0 Å². The number of likely N-dealkylation sites (N-methyl/N-ethyl adjacent to an activating group) is 11. The minimum atomic E-state index is -0.611. The Balaban J connectivity index is 8.19. The van der Waals surface area contributed by atoms with E-state index in [1.54, 1.807) is 0 Å². The van der Waals surface area contributed by atoms with Gasteiger partial charge in [-0.25, -0.2) is 0 Å². The lowest BCUT2D eigenvalue weighted by Gasteiger charge is -2.37. The van der Waals surface area contributed by atoms with Gasteiger partial charge in [-0.05, 0) is 33.9 Å². The SMILES string of the molecule is CCCN(CCN(CCN(CCN(C)CCN(CCN(CC(O)C[N+](C)(C)C)CC(O)C[N+](C)(C)C)CCN(CC(O)C[N+](C)(C)C)CC(O)C[N+](C)(C)CC)CCN(CCN(CC(O)C[N+](C)(C)C)CC(O)C[N+](C)(C)C)CC(O)C[N+](C)(C)C)CC(O)C[N+](C)(C)C)CCN(CC(O)C[N+](C)(C)C)CC(O)C[N+](C)(C)CC. The summed E-state index contributed by atoms with van der Waals surface area (Å²) < 4.78 is 6.29. The van der Waals surface area contributed by atoms with Crippen molar-refractivity contribution in [2.24, 2.45) is 0 Å². The zero-order valence-electron chi connectivity index (χ0n) is 80.9. The molecular formula is C84H200N20O10+10. The first kappa shape index (κ1) is 113. The van der Waals surface area contributed by atoms with E-state index in [-0.39, 0.29) is 0 Å². The first-order valence-electron chi connectivity index (χ1n) is 43.8. The minimum absolute atomic E-state index is 0.412. The number of hydrogen-bond acceptors (Lipinski definition) is 20. The molecule has 0 bridgehead atoms. The van der Waals surface area contributed by atoms with Crippen LogP contribution in [-0.4, -0.2) is 679 Å². The lowest BCUT2D eigenvalue weighted by molar-refractivity contribution is -0.891. The summed E-state index contributed by atoms with van der Waals surface area (Å²) in [5.41, 5.74) is 0. The molecule has 10 unspecified atom stereocenters. The molecule has 0 heterocycles. The molecule has 0 aromatic carbocycles. The van der Waals surface area contributed by atoms with Gasteiger partial charge in [0.2, 0.25) is 0 Å². The molecule has 0 amide bonds. The van der Waals surface area contributed by atoms with Gasteiger partial charge in [-0.3, -0.25) is 39.2 Å². The van der Waals surface area contributed by atoms with Crippen molar-refractivity contribution in [3.63, 3.8) is 0 Å². The Hall–Kier alpha value is -1.20. The fourth-order valence-corrected chi connectivity index (χ4v) is 15.7. The van der Waals surface area contributed by atoms with Crippen molar-refractivity contribution in [2.45, 2.75) is 88.2 Å². The second kappa shape index (κ2) is 53.1. The van der Waals surface area contributed by atoms with Crippen molar-refractivity contribution >= 4 is 0 Å². The molecule has 0 spiro atoms. The summed E-state index contributed by atoms with van der Waals surface area (Å²) in [5.74, 6) is 0. The van der Waals surface area contributed by atoms with Crippen molar-refractivity contribution < 1.29 is 95.9 Å². The molecule has 10 atom stereocenters. The molecule has 0 fully saturated rings. The fraction of sp³-hybridized carbons (Fsp3) is 1.00. The van der Waals surface area contributed by atoms with E-state index < -0.39 is 61.0 Å². The predicted molar refractivity (Wildman–Crippen MR) is 474 cm³/mol. The van der Waals surface area contributed by atoms with E-state index in [0.717, 1.165) is 78.4 Å². The molecule has 0 aromatic heterocycles. The van der Waals surface area contributed by atoms with E-state index in [4.69, 9.17) is 0 Å². The summed E-state index contributed by atoms with van der Waals surface area (Å²) in [6.07, 6.45) is -4.96. The Kier molecular flexibility index (Phi) is 52.5. The van der Waals surface area contributed by atoms with E-state index in [1.807, 2.05) is 0 Å². The maximum atomic E-state index is 12.0. The molecule has 0 aliphatic heterocycles. The zero-order valence-corrected chi connectivity index (χ0v) is 80.9. The van der Waals surface area contributed by atoms with Gasteiger partial charge in [0.15, 0.2) is 0 Å². The van der Waals surface area contributed by atoms with Crippen LogP contribution in [0.15, 0.2) is 0 Å². The molecule has 0 saturated carbocycles. The van der Waals surface area contributed by atoms with Crippen molar-refractivity contribution in [3.8, 4) is 0 Å². The maximum absolute atomic E-state index is 12.0. The third kappa shape index (κ3) is 65.5. The van der Waals surface area contributed by atoms with E-state index in [0.29, 0.717) is 241 Å². The van der Waals surface area contributed by atoms with Crippen LogP contribution in [0.1, 0.15) is 27.2 Å². The normalized spacial score (nSPS) is 16.8. The minimum Gasteiger partial charge on any atom is -0.386 e. The molecule has 10 N–H and O–H groups in total. The lowest BCUT2D eigenvalue weighted by atomic mass is 10.2. The lowest BCUT2D eigenvalue weighted by Crippen LogP contribution is -2.53. The van der Waals surface area contributed by atoms with Gasteiger partial charge in [-0.15, -0.1) is 0 Å². The monoisotopic (exact) mass is 1650 g/mol. The largest absolute Gasteiger partial charge is 0.386 e. The van der Waals surface area contributed by atoms with Crippen molar-refractivity contribution in [3.05, 3.63) is 0 Å². The highest BCUT2D eigenvalue weighted by atomic mass is 16.3. The van der Waals surface area contributed by atoms with Gasteiger partial charge in [0.1, 0.15) is 126 Å². The van der Waals surface area contributed by atoms with E-state index in [1.165, 1.54) is 0 Å².